The second-order valence-electron chi connectivity index (χ2n) is 9.17. The molecule has 0 radical (unpaired) electrons. The molecule has 0 aliphatic heterocycles. The van der Waals surface area contributed by atoms with Crippen molar-refractivity contribution in [2.45, 2.75) is 63.1 Å². The smallest absolute Gasteiger partial charge is 0.412 e. The second kappa shape index (κ2) is 7.38. The number of benzene rings is 1. The van der Waals surface area contributed by atoms with Gasteiger partial charge in [0.2, 0.25) is 0 Å². The van der Waals surface area contributed by atoms with Gasteiger partial charge in [0.05, 0.1) is 11.5 Å². The van der Waals surface area contributed by atoms with E-state index in [9.17, 15) is 10.1 Å². The molecule has 1 N–H and O–H groups in total. The number of nitrogens with one attached hydrogen (secondary N) is 1. The van der Waals surface area contributed by atoms with Crippen molar-refractivity contribution in [3.63, 3.8) is 0 Å². The first-order chi connectivity index (χ1) is 13.5. The number of amides is 1. The Kier molecular flexibility index (Phi) is 5.39. The minimum atomic E-state index is -0.568. The summed E-state index contributed by atoms with van der Waals surface area (Å²) in [4.78, 5) is 12.2. The van der Waals surface area contributed by atoms with Gasteiger partial charge in [-0.1, -0.05) is 12.1 Å². The standard InChI is InChI=1S/C21H27N5O2S/c1-19(2,3)28-18(27)23-15-8-6-7-14(9-15)21(11-20(4,12-21)13-22)10-16-24-25-17(29)26(16)5/h6-9H,10-12H2,1-5H3,(H,23,27)(H,25,29). The summed E-state index contributed by atoms with van der Waals surface area (Å²) >= 11 is 4.32. The highest BCUT2D eigenvalue weighted by molar-refractivity contribution is 7.80. The number of carbonyl (C=O) groups excluding carboxylic acids is 1. The van der Waals surface area contributed by atoms with Crippen LogP contribution in [0.3, 0.4) is 0 Å². The van der Waals surface area contributed by atoms with E-state index >= 15 is 0 Å². The summed E-state index contributed by atoms with van der Waals surface area (Å²) in [6.45, 7) is 7.46. The van der Waals surface area contributed by atoms with Crippen molar-refractivity contribution in [1.82, 2.24) is 14.8 Å². The summed E-state index contributed by atoms with van der Waals surface area (Å²) in [7, 11) is 1.88. The molecule has 1 heterocycles. The van der Waals surface area contributed by atoms with E-state index in [2.05, 4.69) is 34.2 Å². The predicted octanol–water partition coefficient (Wildman–Crippen LogP) is 4.25. The van der Waals surface area contributed by atoms with Crippen LogP contribution >= 0.6 is 12.6 Å². The normalized spacial score (nSPS) is 23.8. The Morgan fingerprint density at radius 1 is 1.38 bits per heavy atom. The van der Waals surface area contributed by atoms with Gasteiger partial charge in [-0.3, -0.25) is 5.32 Å². The first-order valence-corrected chi connectivity index (χ1v) is 9.99. The van der Waals surface area contributed by atoms with Crippen LogP contribution in [-0.4, -0.2) is 26.5 Å². The van der Waals surface area contributed by atoms with Crippen LogP contribution in [-0.2, 0) is 23.6 Å². The summed E-state index contributed by atoms with van der Waals surface area (Å²) in [5.74, 6) is 0.820. The lowest BCUT2D eigenvalue weighted by atomic mass is 9.50. The highest BCUT2D eigenvalue weighted by atomic mass is 32.1. The van der Waals surface area contributed by atoms with Gasteiger partial charge in [-0.05, 0) is 58.2 Å². The van der Waals surface area contributed by atoms with E-state index in [1.807, 2.05) is 63.6 Å². The fourth-order valence-corrected chi connectivity index (χ4v) is 4.27. The number of rotatable bonds is 4. The molecule has 1 aliphatic carbocycles. The highest BCUT2D eigenvalue weighted by Gasteiger charge is 2.53. The maximum atomic E-state index is 12.2. The number of hydrogen-bond acceptors (Lipinski definition) is 6. The van der Waals surface area contributed by atoms with Crippen LogP contribution < -0.4 is 5.32 Å². The van der Waals surface area contributed by atoms with Gasteiger partial charge < -0.3 is 9.30 Å². The summed E-state index contributed by atoms with van der Waals surface area (Å²) in [5.41, 5.74) is 0.520. The van der Waals surface area contributed by atoms with Crippen molar-refractivity contribution in [2.24, 2.45) is 12.5 Å². The number of aromatic nitrogens is 3. The molecule has 8 heteroatoms. The maximum Gasteiger partial charge on any atom is 0.412 e. The summed E-state index contributed by atoms with van der Waals surface area (Å²) in [5, 5.41) is 21.2. The van der Waals surface area contributed by atoms with Gasteiger partial charge in [-0.25, -0.2) is 4.79 Å². The zero-order valence-corrected chi connectivity index (χ0v) is 18.4. The van der Waals surface area contributed by atoms with Crippen molar-refractivity contribution in [3.05, 3.63) is 35.7 Å². The van der Waals surface area contributed by atoms with E-state index < -0.39 is 11.7 Å². The Balaban J connectivity index is 1.88. The Labute approximate surface area is 176 Å². The molecule has 1 aromatic carbocycles. The number of nitriles is 1. The van der Waals surface area contributed by atoms with Gasteiger partial charge in [0.15, 0.2) is 5.16 Å². The molecular weight excluding hydrogens is 386 g/mol. The Morgan fingerprint density at radius 3 is 2.62 bits per heavy atom. The fraction of sp³-hybridized carbons (Fsp3) is 0.524. The van der Waals surface area contributed by atoms with Gasteiger partial charge in [0.25, 0.3) is 0 Å². The first kappa shape index (κ1) is 21.2. The molecule has 0 unspecified atom stereocenters. The zero-order valence-electron chi connectivity index (χ0n) is 17.5. The predicted molar refractivity (Wildman–Crippen MR) is 113 cm³/mol. The van der Waals surface area contributed by atoms with Gasteiger partial charge in [-0.15, -0.1) is 22.8 Å². The molecule has 1 amide bonds. The van der Waals surface area contributed by atoms with E-state index in [-0.39, 0.29) is 10.8 Å². The molecule has 2 aromatic rings. The Hall–Kier alpha value is -2.53. The Bertz CT molecular complexity index is 964. The minimum absolute atomic E-state index is 0.253. The van der Waals surface area contributed by atoms with Crippen molar-refractivity contribution >= 4 is 24.4 Å². The lowest BCUT2D eigenvalue weighted by molar-refractivity contribution is 0.0635. The molecule has 1 saturated carbocycles. The molecule has 7 nitrogen and oxygen atoms in total. The molecule has 154 valence electrons. The second-order valence-corrected chi connectivity index (χ2v) is 9.57. The van der Waals surface area contributed by atoms with E-state index in [0.29, 0.717) is 30.1 Å². The van der Waals surface area contributed by atoms with Crippen LogP contribution in [0.5, 0.6) is 0 Å². The Morgan fingerprint density at radius 2 is 2.07 bits per heavy atom. The van der Waals surface area contributed by atoms with Crippen LogP contribution in [0.2, 0.25) is 0 Å². The topological polar surface area (TPSA) is 92.8 Å². The molecule has 29 heavy (non-hydrogen) atoms. The number of hydrogen-bond donors (Lipinski definition) is 2. The van der Waals surface area contributed by atoms with E-state index in [4.69, 9.17) is 4.74 Å². The molecule has 1 fully saturated rings. The quantitative estimate of drug-likeness (QED) is 0.731. The monoisotopic (exact) mass is 413 g/mol. The average Bonchev–Trinajstić information content (AvgIpc) is 2.90. The van der Waals surface area contributed by atoms with Crippen LogP contribution in [0.25, 0.3) is 0 Å². The van der Waals surface area contributed by atoms with E-state index in [1.54, 1.807) is 0 Å². The van der Waals surface area contributed by atoms with Crippen molar-refractivity contribution in [3.8, 4) is 6.07 Å². The van der Waals surface area contributed by atoms with Crippen LogP contribution in [0, 0.1) is 16.7 Å². The molecule has 1 aliphatic rings. The third-order valence-electron chi connectivity index (χ3n) is 5.29. The van der Waals surface area contributed by atoms with Crippen molar-refractivity contribution in [1.29, 1.82) is 5.26 Å². The maximum absolute atomic E-state index is 12.2. The van der Waals surface area contributed by atoms with Crippen LogP contribution in [0.15, 0.2) is 29.4 Å². The third-order valence-corrected chi connectivity index (χ3v) is 5.68. The van der Waals surface area contributed by atoms with Gasteiger partial charge in [0, 0.05) is 24.6 Å². The lowest BCUT2D eigenvalue weighted by Crippen LogP contribution is -2.49. The molecule has 0 atom stereocenters. The molecule has 3 rings (SSSR count). The molecule has 0 bridgehead atoms. The van der Waals surface area contributed by atoms with E-state index in [1.165, 1.54) is 0 Å². The SMILES string of the molecule is Cn1c(S)nnc1CC1(c2cccc(NC(=O)OC(C)(C)C)c2)CC(C)(C#N)C1. The summed E-state index contributed by atoms with van der Waals surface area (Å²) < 4.78 is 7.21. The molecule has 0 spiro atoms. The first-order valence-electron chi connectivity index (χ1n) is 9.54. The number of ether oxygens (including phenoxy) is 1. The van der Waals surface area contributed by atoms with Crippen LogP contribution in [0.4, 0.5) is 10.5 Å². The summed E-state index contributed by atoms with van der Waals surface area (Å²) in [6, 6.07) is 10.2. The van der Waals surface area contributed by atoms with Gasteiger partial charge in [0.1, 0.15) is 11.4 Å². The largest absolute Gasteiger partial charge is 0.444 e. The van der Waals surface area contributed by atoms with E-state index in [0.717, 1.165) is 11.4 Å². The highest BCUT2D eigenvalue weighted by Crippen LogP contribution is 2.57. The summed E-state index contributed by atoms with van der Waals surface area (Å²) in [6.07, 6.45) is 1.57. The number of nitrogens with zero attached hydrogens (tertiary/aromatic N) is 4. The molecular formula is C21H27N5O2S. The van der Waals surface area contributed by atoms with Crippen LogP contribution in [0.1, 0.15) is 51.9 Å². The minimum Gasteiger partial charge on any atom is -0.444 e. The third kappa shape index (κ3) is 4.56. The lowest BCUT2D eigenvalue weighted by Gasteiger charge is -2.51. The molecule has 1 aromatic heterocycles. The van der Waals surface area contributed by atoms with Crippen molar-refractivity contribution in [2.75, 3.05) is 5.32 Å². The zero-order chi connectivity index (χ0) is 21.4. The van der Waals surface area contributed by atoms with Gasteiger partial charge >= 0.3 is 6.09 Å². The molecule has 0 saturated heterocycles. The van der Waals surface area contributed by atoms with Gasteiger partial charge in [-0.2, -0.15) is 5.26 Å². The average molecular weight is 414 g/mol. The number of thiol groups is 1. The fourth-order valence-electron chi connectivity index (χ4n) is 4.11. The number of carbonyl (C=O) groups is 1. The number of anilines is 1. The van der Waals surface area contributed by atoms with Crippen molar-refractivity contribution < 1.29 is 9.53 Å².